The fraction of sp³-hybridized carbons (Fsp3) is 0.500. The summed E-state index contributed by atoms with van der Waals surface area (Å²) in [4.78, 5) is 64.7. The number of hydrogen-bond donors (Lipinski definition) is 4. The minimum atomic E-state index is -1.17. The van der Waals surface area contributed by atoms with Crippen molar-refractivity contribution in [2.75, 3.05) is 19.8 Å². The van der Waals surface area contributed by atoms with E-state index < -0.39 is 59.3 Å². The molecular formula is C34H50N6O8. The van der Waals surface area contributed by atoms with Crippen molar-refractivity contribution < 1.29 is 38.2 Å². The zero-order valence-corrected chi connectivity index (χ0v) is 28.7. The quantitative estimate of drug-likeness (QED) is 0.0898. The van der Waals surface area contributed by atoms with Crippen molar-refractivity contribution >= 4 is 29.7 Å². The van der Waals surface area contributed by atoms with E-state index in [4.69, 9.17) is 25.8 Å². The number of primary amides is 1. The van der Waals surface area contributed by atoms with Crippen LogP contribution in [0.15, 0.2) is 60.7 Å². The second-order valence-electron chi connectivity index (χ2n) is 13.2. The zero-order chi connectivity index (χ0) is 35.9. The van der Waals surface area contributed by atoms with Gasteiger partial charge in [0.2, 0.25) is 5.91 Å². The molecule has 0 radical (unpaired) electrons. The number of amides is 5. The molecule has 0 unspecified atom stereocenters. The van der Waals surface area contributed by atoms with Crippen LogP contribution in [0.25, 0.3) is 0 Å². The van der Waals surface area contributed by atoms with Gasteiger partial charge in [-0.3, -0.25) is 24.8 Å². The lowest BCUT2D eigenvalue weighted by Gasteiger charge is -2.29. The Hall–Kier alpha value is -4.53. The topological polar surface area (TPSA) is 196 Å². The van der Waals surface area contributed by atoms with Crippen LogP contribution in [0, 0.1) is 5.92 Å². The summed E-state index contributed by atoms with van der Waals surface area (Å²) >= 11 is 0. The molecule has 0 heterocycles. The van der Waals surface area contributed by atoms with Crippen molar-refractivity contribution in [1.29, 1.82) is 0 Å². The number of carbonyl (C=O) groups is 5. The molecule has 0 fully saturated rings. The third-order valence-electron chi connectivity index (χ3n) is 6.66. The number of rotatable bonds is 16. The number of ether oxygens (including phenoxy) is 3. The van der Waals surface area contributed by atoms with Crippen LogP contribution >= 0.6 is 0 Å². The summed E-state index contributed by atoms with van der Waals surface area (Å²) in [7, 11) is 0. The molecule has 6 N–H and O–H groups in total. The van der Waals surface area contributed by atoms with E-state index in [0.717, 1.165) is 21.1 Å². The normalized spacial score (nSPS) is 12.7. The van der Waals surface area contributed by atoms with Gasteiger partial charge in [0.15, 0.2) is 5.78 Å². The molecule has 0 aliphatic carbocycles. The van der Waals surface area contributed by atoms with Gasteiger partial charge in [0, 0.05) is 6.42 Å². The van der Waals surface area contributed by atoms with Gasteiger partial charge in [-0.1, -0.05) is 60.7 Å². The highest BCUT2D eigenvalue weighted by Crippen LogP contribution is 2.16. The predicted octanol–water partition coefficient (Wildman–Crippen LogP) is 3.19. The number of benzene rings is 2. The average Bonchev–Trinajstić information content (AvgIpc) is 3.01. The number of hydrazine groups is 2. The minimum Gasteiger partial charge on any atom is -0.461 e. The highest BCUT2D eigenvalue weighted by Gasteiger charge is 2.32. The molecule has 0 aromatic heterocycles. The number of esters is 1. The van der Waals surface area contributed by atoms with E-state index in [9.17, 15) is 24.0 Å². The summed E-state index contributed by atoms with van der Waals surface area (Å²) in [6.07, 6.45) is -0.649. The van der Waals surface area contributed by atoms with Gasteiger partial charge in [0.25, 0.3) is 0 Å². The molecule has 264 valence electrons. The van der Waals surface area contributed by atoms with Crippen molar-refractivity contribution in [1.82, 2.24) is 20.8 Å². The van der Waals surface area contributed by atoms with Crippen LogP contribution in [0.5, 0.6) is 0 Å². The Morgan fingerprint density at radius 1 is 0.812 bits per heavy atom. The zero-order valence-electron chi connectivity index (χ0n) is 28.7. The fourth-order valence-electron chi connectivity index (χ4n) is 4.05. The van der Waals surface area contributed by atoms with Crippen molar-refractivity contribution in [2.24, 2.45) is 17.5 Å². The Bertz CT molecular complexity index is 1340. The molecule has 14 heteroatoms. The van der Waals surface area contributed by atoms with E-state index in [1.165, 1.54) is 0 Å². The second kappa shape index (κ2) is 18.7. The number of nitrogens with two attached hydrogens (primary N) is 2. The molecule has 0 spiro atoms. The smallest absolute Gasteiger partial charge is 0.333 e. The highest BCUT2D eigenvalue weighted by atomic mass is 16.5. The lowest BCUT2D eigenvalue weighted by atomic mass is 9.98. The Morgan fingerprint density at radius 3 is 1.90 bits per heavy atom. The molecule has 0 aliphatic rings. The standard InChI is InChI=1S/C34H50N6O8/c1-33(2,3)47-22-26(30(43)38-40(31(35)44)18-17-29(42)46-21-25-15-11-8-12-16-25)19-28(41)27(23-48-34(4,5)6)37-32(45)39(36)20-24-13-9-7-10-14-24/h7-16,26-27H,17-23,36H2,1-6H3,(H2,35,44)(H,37,45)(H,38,43)/t26-,27-/m0/s1. The highest BCUT2D eigenvalue weighted by molar-refractivity contribution is 5.92. The first kappa shape index (κ1) is 39.6. The second-order valence-corrected chi connectivity index (χ2v) is 13.2. The van der Waals surface area contributed by atoms with Crippen LogP contribution in [0.3, 0.4) is 0 Å². The van der Waals surface area contributed by atoms with E-state index in [1.54, 1.807) is 65.8 Å². The van der Waals surface area contributed by atoms with E-state index in [0.29, 0.717) is 0 Å². The summed E-state index contributed by atoms with van der Waals surface area (Å²) in [6.45, 7) is 10.2. The van der Waals surface area contributed by atoms with Crippen molar-refractivity contribution in [3.63, 3.8) is 0 Å². The minimum absolute atomic E-state index is 0.0434. The first-order valence-corrected chi connectivity index (χ1v) is 15.7. The van der Waals surface area contributed by atoms with Crippen LogP contribution < -0.4 is 22.3 Å². The first-order chi connectivity index (χ1) is 22.4. The van der Waals surface area contributed by atoms with E-state index in [-0.39, 0.29) is 39.3 Å². The molecule has 2 aromatic carbocycles. The third kappa shape index (κ3) is 15.8. The number of nitrogens with zero attached hydrogens (tertiary/aromatic N) is 2. The molecular weight excluding hydrogens is 620 g/mol. The van der Waals surface area contributed by atoms with Crippen molar-refractivity contribution in [3.05, 3.63) is 71.8 Å². The summed E-state index contributed by atoms with van der Waals surface area (Å²) < 4.78 is 16.9. The van der Waals surface area contributed by atoms with Crippen molar-refractivity contribution in [2.45, 2.75) is 84.8 Å². The summed E-state index contributed by atoms with van der Waals surface area (Å²) in [6, 6.07) is 15.2. The maximum Gasteiger partial charge on any atom is 0.333 e. The van der Waals surface area contributed by atoms with Gasteiger partial charge in [0.05, 0.1) is 49.8 Å². The molecule has 5 amide bonds. The maximum atomic E-state index is 13.7. The Balaban J connectivity index is 2.14. The van der Waals surface area contributed by atoms with Gasteiger partial charge >= 0.3 is 18.0 Å². The number of Topliss-reactive ketones (excluding diaryl/α,β-unsaturated/α-hetero) is 1. The predicted molar refractivity (Wildman–Crippen MR) is 178 cm³/mol. The molecule has 2 aromatic rings. The first-order valence-electron chi connectivity index (χ1n) is 15.7. The number of ketones is 1. The molecule has 0 bridgehead atoms. The summed E-state index contributed by atoms with van der Waals surface area (Å²) in [5.41, 5.74) is 8.14. The van der Waals surface area contributed by atoms with Gasteiger partial charge in [-0.15, -0.1) is 0 Å². The third-order valence-corrected chi connectivity index (χ3v) is 6.66. The number of carbonyl (C=O) groups excluding carboxylic acids is 5. The fourth-order valence-corrected chi connectivity index (χ4v) is 4.05. The molecule has 48 heavy (non-hydrogen) atoms. The lowest BCUT2D eigenvalue weighted by molar-refractivity contribution is -0.146. The largest absolute Gasteiger partial charge is 0.461 e. The van der Waals surface area contributed by atoms with E-state index >= 15 is 0 Å². The lowest BCUT2D eigenvalue weighted by Crippen LogP contribution is -2.54. The number of nitrogens with one attached hydrogen (secondary N) is 2. The summed E-state index contributed by atoms with van der Waals surface area (Å²) in [5.74, 6) is 3.00. The number of urea groups is 2. The monoisotopic (exact) mass is 670 g/mol. The van der Waals surface area contributed by atoms with Crippen LogP contribution in [0.4, 0.5) is 9.59 Å². The SMILES string of the molecule is CC(C)(C)OC[C@H](CC(=O)[C@H](COC(C)(C)C)NC(=O)N(N)Cc1ccccc1)C(=O)NN(CCC(=O)OCc1ccccc1)C(N)=O. The van der Waals surface area contributed by atoms with Gasteiger partial charge in [-0.25, -0.2) is 20.4 Å². The number of hydrogen-bond acceptors (Lipinski definition) is 9. The van der Waals surface area contributed by atoms with Crippen LogP contribution in [-0.2, 0) is 41.7 Å². The van der Waals surface area contributed by atoms with Gasteiger partial charge in [-0.05, 0) is 52.7 Å². The van der Waals surface area contributed by atoms with Crippen LogP contribution in [0.2, 0.25) is 0 Å². The van der Waals surface area contributed by atoms with Gasteiger partial charge in [0.1, 0.15) is 12.6 Å². The molecule has 0 saturated carbocycles. The molecule has 0 saturated heterocycles. The molecule has 2 rings (SSSR count). The van der Waals surface area contributed by atoms with E-state index in [2.05, 4.69) is 10.7 Å². The Kier molecular flexibility index (Phi) is 15.5. The Morgan fingerprint density at radius 2 is 1.35 bits per heavy atom. The molecule has 0 aliphatic heterocycles. The van der Waals surface area contributed by atoms with Crippen molar-refractivity contribution in [3.8, 4) is 0 Å². The maximum absolute atomic E-state index is 13.7. The summed E-state index contributed by atoms with van der Waals surface area (Å²) in [5, 5.41) is 4.34. The van der Waals surface area contributed by atoms with Gasteiger partial charge < -0.3 is 25.3 Å². The van der Waals surface area contributed by atoms with Gasteiger partial charge in [-0.2, -0.15) is 0 Å². The van der Waals surface area contributed by atoms with Crippen LogP contribution in [0.1, 0.15) is 65.5 Å². The van der Waals surface area contributed by atoms with E-state index in [1.807, 2.05) is 36.4 Å². The average molecular weight is 671 g/mol. The Labute approximate surface area is 282 Å². The van der Waals surface area contributed by atoms with Crippen LogP contribution in [-0.4, -0.2) is 76.7 Å². The molecule has 14 nitrogen and oxygen atoms in total. The molecule has 2 atom stereocenters.